The summed E-state index contributed by atoms with van der Waals surface area (Å²) >= 11 is 6.26. The maximum atomic E-state index is 6.26. The van der Waals surface area contributed by atoms with Crippen LogP contribution in [-0.4, -0.2) is 18.5 Å². The van der Waals surface area contributed by atoms with E-state index >= 15 is 0 Å². The van der Waals surface area contributed by atoms with Gasteiger partial charge in [0.15, 0.2) is 0 Å². The van der Waals surface area contributed by atoms with Gasteiger partial charge in [0, 0.05) is 5.38 Å². The van der Waals surface area contributed by atoms with E-state index in [1.807, 2.05) is 0 Å². The van der Waals surface area contributed by atoms with E-state index in [1.54, 1.807) is 0 Å². The summed E-state index contributed by atoms with van der Waals surface area (Å²) in [5, 5.41) is 3.92. The minimum absolute atomic E-state index is 0.424. The lowest BCUT2D eigenvalue weighted by atomic mass is 9.88. The fraction of sp³-hybridized carbons (Fsp3) is 1.00. The summed E-state index contributed by atoms with van der Waals surface area (Å²) in [6, 6.07) is 0. The summed E-state index contributed by atoms with van der Waals surface area (Å²) in [4.78, 5) is 0. The average molecular weight is 204 g/mol. The molecule has 2 heteroatoms. The molecule has 1 aliphatic carbocycles. The van der Waals surface area contributed by atoms with Crippen LogP contribution >= 0.6 is 11.6 Å². The highest BCUT2D eigenvalue weighted by Crippen LogP contribution is 2.27. The molecule has 1 aliphatic rings. The molecule has 1 saturated carbocycles. The largest absolute Gasteiger partial charge is 0.316 e. The van der Waals surface area contributed by atoms with Crippen LogP contribution in [-0.2, 0) is 0 Å². The van der Waals surface area contributed by atoms with Gasteiger partial charge in [-0.2, -0.15) is 0 Å². The molecule has 0 heterocycles. The van der Waals surface area contributed by atoms with Crippen molar-refractivity contribution in [2.45, 2.75) is 44.9 Å². The van der Waals surface area contributed by atoms with E-state index < -0.39 is 0 Å². The van der Waals surface area contributed by atoms with Crippen LogP contribution in [0.5, 0.6) is 0 Å². The molecule has 1 fully saturated rings. The van der Waals surface area contributed by atoms with Crippen molar-refractivity contribution in [1.29, 1.82) is 0 Å². The normalized spacial score (nSPS) is 29.5. The van der Waals surface area contributed by atoms with E-state index in [-0.39, 0.29) is 0 Å². The number of hydrogen-bond donors (Lipinski definition) is 1. The molecular weight excluding hydrogens is 182 g/mol. The van der Waals surface area contributed by atoms with E-state index in [0.29, 0.717) is 11.3 Å². The maximum absolute atomic E-state index is 6.26. The number of hydrogen-bond acceptors (Lipinski definition) is 1. The Morgan fingerprint density at radius 1 is 1.31 bits per heavy atom. The minimum Gasteiger partial charge on any atom is -0.316 e. The summed E-state index contributed by atoms with van der Waals surface area (Å²) in [5.74, 6) is 1.46. The Morgan fingerprint density at radius 3 is 2.62 bits per heavy atom. The van der Waals surface area contributed by atoms with E-state index in [1.165, 1.54) is 25.7 Å². The standard InChI is InChI=1S/C11H22ClN/c1-9(2)7-13-8-10-5-3-4-6-11(10)12/h9-11,13H,3-8H2,1-2H3. The van der Waals surface area contributed by atoms with Crippen LogP contribution in [0.25, 0.3) is 0 Å². The van der Waals surface area contributed by atoms with Gasteiger partial charge in [-0.05, 0) is 37.8 Å². The first-order valence-electron chi connectivity index (χ1n) is 5.55. The summed E-state index contributed by atoms with van der Waals surface area (Å²) in [6.45, 7) is 6.73. The molecule has 2 unspecified atom stereocenters. The number of nitrogens with one attached hydrogen (secondary N) is 1. The van der Waals surface area contributed by atoms with Gasteiger partial charge in [-0.25, -0.2) is 0 Å². The Hall–Kier alpha value is 0.250. The van der Waals surface area contributed by atoms with Gasteiger partial charge in [0.1, 0.15) is 0 Å². The van der Waals surface area contributed by atoms with Crippen LogP contribution in [0.3, 0.4) is 0 Å². The molecule has 0 amide bonds. The van der Waals surface area contributed by atoms with E-state index in [2.05, 4.69) is 19.2 Å². The Bertz CT molecular complexity index is 136. The zero-order valence-corrected chi connectivity index (χ0v) is 9.61. The molecule has 0 spiro atoms. The lowest BCUT2D eigenvalue weighted by molar-refractivity contribution is 0.343. The van der Waals surface area contributed by atoms with Gasteiger partial charge in [-0.3, -0.25) is 0 Å². The topological polar surface area (TPSA) is 12.0 Å². The van der Waals surface area contributed by atoms with Crippen molar-refractivity contribution in [1.82, 2.24) is 5.32 Å². The lowest BCUT2D eigenvalue weighted by Crippen LogP contribution is -2.32. The van der Waals surface area contributed by atoms with Gasteiger partial charge in [0.05, 0.1) is 0 Å². The fourth-order valence-electron chi connectivity index (χ4n) is 1.95. The van der Waals surface area contributed by atoms with Crippen molar-refractivity contribution in [3.8, 4) is 0 Å². The predicted octanol–water partition coefficient (Wildman–Crippen LogP) is 3.03. The molecule has 0 aromatic rings. The second-order valence-electron chi connectivity index (χ2n) is 4.61. The first-order valence-corrected chi connectivity index (χ1v) is 5.98. The molecule has 2 atom stereocenters. The molecule has 78 valence electrons. The Labute approximate surface area is 87.2 Å². The monoisotopic (exact) mass is 203 g/mol. The molecule has 0 saturated heterocycles. The molecule has 1 N–H and O–H groups in total. The Kier molecular flexibility index (Phi) is 5.12. The van der Waals surface area contributed by atoms with Crippen LogP contribution in [0.1, 0.15) is 39.5 Å². The summed E-state index contributed by atoms with van der Waals surface area (Å²) in [5.41, 5.74) is 0. The van der Waals surface area contributed by atoms with Crippen LogP contribution in [0.2, 0.25) is 0 Å². The summed E-state index contributed by atoms with van der Waals surface area (Å²) in [6.07, 6.45) is 5.24. The molecule has 1 nitrogen and oxygen atoms in total. The smallest absolute Gasteiger partial charge is 0.0376 e. The first kappa shape index (κ1) is 11.3. The molecule has 1 rings (SSSR count). The van der Waals surface area contributed by atoms with Crippen molar-refractivity contribution < 1.29 is 0 Å². The highest BCUT2D eigenvalue weighted by Gasteiger charge is 2.22. The molecule has 0 radical (unpaired) electrons. The minimum atomic E-state index is 0.424. The Balaban J connectivity index is 2.11. The number of rotatable bonds is 4. The molecule has 13 heavy (non-hydrogen) atoms. The van der Waals surface area contributed by atoms with Crippen LogP contribution in [0, 0.1) is 11.8 Å². The predicted molar refractivity (Wildman–Crippen MR) is 59.3 cm³/mol. The SMILES string of the molecule is CC(C)CNCC1CCCCC1Cl. The van der Waals surface area contributed by atoms with E-state index in [0.717, 1.165) is 19.0 Å². The van der Waals surface area contributed by atoms with Gasteiger partial charge in [0.25, 0.3) is 0 Å². The van der Waals surface area contributed by atoms with Gasteiger partial charge in [-0.15, -0.1) is 11.6 Å². The molecule has 0 aromatic carbocycles. The quantitative estimate of drug-likeness (QED) is 0.693. The lowest BCUT2D eigenvalue weighted by Gasteiger charge is -2.27. The van der Waals surface area contributed by atoms with Crippen LogP contribution in [0.4, 0.5) is 0 Å². The number of alkyl halides is 1. The zero-order valence-electron chi connectivity index (χ0n) is 8.85. The van der Waals surface area contributed by atoms with Crippen molar-refractivity contribution in [2.24, 2.45) is 11.8 Å². The van der Waals surface area contributed by atoms with Crippen molar-refractivity contribution in [3.63, 3.8) is 0 Å². The third-order valence-corrected chi connectivity index (χ3v) is 3.35. The zero-order chi connectivity index (χ0) is 9.68. The molecular formula is C11H22ClN. The van der Waals surface area contributed by atoms with Gasteiger partial charge in [0.2, 0.25) is 0 Å². The van der Waals surface area contributed by atoms with Gasteiger partial charge < -0.3 is 5.32 Å². The van der Waals surface area contributed by atoms with E-state index in [9.17, 15) is 0 Å². The first-order chi connectivity index (χ1) is 6.20. The molecule has 0 aromatic heterocycles. The number of halogens is 1. The van der Waals surface area contributed by atoms with Crippen LogP contribution < -0.4 is 5.32 Å². The van der Waals surface area contributed by atoms with E-state index in [4.69, 9.17) is 11.6 Å². The third-order valence-electron chi connectivity index (χ3n) is 2.78. The van der Waals surface area contributed by atoms with Crippen LogP contribution in [0.15, 0.2) is 0 Å². The third kappa shape index (κ3) is 4.33. The second-order valence-corrected chi connectivity index (χ2v) is 5.17. The molecule has 0 bridgehead atoms. The Morgan fingerprint density at radius 2 is 2.00 bits per heavy atom. The summed E-state index contributed by atoms with van der Waals surface area (Å²) < 4.78 is 0. The van der Waals surface area contributed by atoms with Crippen molar-refractivity contribution in [3.05, 3.63) is 0 Å². The highest BCUT2D eigenvalue weighted by atomic mass is 35.5. The molecule has 0 aliphatic heterocycles. The maximum Gasteiger partial charge on any atom is 0.0376 e. The van der Waals surface area contributed by atoms with Gasteiger partial charge >= 0.3 is 0 Å². The second kappa shape index (κ2) is 5.87. The highest BCUT2D eigenvalue weighted by molar-refractivity contribution is 6.20. The van der Waals surface area contributed by atoms with Gasteiger partial charge in [-0.1, -0.05) is 26.7 Å². The summed E-state index contributed by atoms with van der Waals surface area (Å²) in [7, 11) is 0. The van der Waals surface area contributed by atoms with Crippen molar-refractivity contribution in [2.75, 3.05) is 13.1 Å². The van der Waals surface area contributed by atoms with Crippen molar-refractivity contribution >= 4 is 11.6 Å². The fourth-order valence-corrected chi connectivity index (χ4v) is 2.32. The average Bonchev–Trinajstić information content (AvgIpc) is 2.08.